The van der Waals surface area contributed by atoms with E-state index < -0.39 is 29.9 Å². The Hall–Kier alpha value is -4.27. The van der Waals surface area contributed by atoms with Gasteiger partial charge in [0.2, 0.25) is 11.8 Å². The zero-order chi connectivity index (χ0) is 23.0. The largest absolute Gasteiger partial charge is 0.439 e. The van der Waals surface area contributed by atoms with Crippen LogP contribution in [0.15, 0.2) is 66.9 Å². The molecule has 4 amide bonds. The van der Waals surface area contributed by atoms with E-state index in [2.05, 4.69) is 15.6 Å². The fourth-order valence-corrected chi connectivity index (χ4v) is 4.22. The molecule has 0 radical (unpaired) electrons. The fourth-order valence-electron chi connectivity index (χ4n) is 4.22. The maximum absolute atomic E-state index is 13.1. The number of amides is 4. The van der Waals surface area contributed by atoms with Crippen LogP contribution in [0.5, 0.6) is 11.6 Å². The van der Waals surface area contributed by atoms with Gasteiger partial charge in [-0.05, 0) is 54.3 Å². The molecule has 0 bridgehead atoms. The highest BCUT2D eigenvalue weighted by atomic mass is 19.1. The van der Waals surface area contributed by atoms with Gasteiger partial charge in [-0.1, -0.05) is 24.3 Å². The Morgan fingerprint density at radius 2 is 1.91 bits per heavy atom. The SMILES string of the molecule is O=C(CN1C(=O)NC2(CCc3ccccc32)C1=O)Nc1ccc(Oc2ccc(F)cc2)nc1. The summed E-state index contributed by atoms with van der Waals surface area (Å²) >= 11 is 0. The van der Waals surface area contributed by atoms with Gasteiger partial charge in [-0.25, -0.2) is 14.2 Å². The van der Waals surface area contributed by atoms with Gasteiger partial charge in [-0.3, -0.25) is 14.5 Å². The third kappa shape index (κ3) is 3.78. The number of carbonyl (C=O) groups excluding carboxylic acids is 3. The zero-order valence-corrected chi connectivity index (χ0v) is 17.4. The van der Waals surface area contributed by atoms with Crippen LogP contribution >= 0.6 is 0 Å². The summed E-state index contributed by atoms with van der Waals surface area (Å²) in [6.07, 6.45) is 2.53. The molecule has 0 saturated carbocycles. The summed E-state index contributed by atoms with van der Waals surface area (Å²) in [4.78, 5) is 43.3. The van der Waals surface area contributed by atoms with Crippen LogP contribution in [0.3, 0.4) is 0 Å². The maximum atomic E-state index is 13.1. The number of aryl methyl sites for hydroxylation is 1. The number of aromatic nitrogens is 1. The van der Waals surface area contributed by atoms with Crippen LogP contribution < -0.4 is 15.4 Å². The number of imide groups is 1. The number of fused-ring (bicyclic) bond motifs is 2. The maximum Gasteiger partial charge on any atom is 0.325 e. The molecule has 8 nitrogen and oxygen atoms in total. The van der Waals surface area contributed by atoms with Crippen LogP contribution in [-0.2, 0) is 21.5 Å². The van der Waals surface area contributed by atoms with Crippen LogP contribution in [0.4, 0.5) is 14.9 Å². The predicted molar refractivity (Wildman–Crippen MR) is 116 cm³/mol. The van der Waals surface area contributed by atoms with E-state index in [-0.39, 0.29) is 11.7 Å². The quantitative estimate of drug-likeness (QED) is 0.586. The Bertz CT molecular complexity index is 1250. The van der Waals surface area contributed by atoms with Crippen molar-refractivity contribution in [2.45, 2.75) is 18.4 Å². The molecule has 33 heavy (non-hydrogen) atoms. The van der Waals surface area contributed by atoms with Crippen molar-refractivity contribution in [3.63, 3.8) is 0 Å². The molecule has 1 spiro atoms. The summed E-state index contributed by atoms with van der Waals surface area (Å²) in [5.41, 5.74) is 1.08. The van der Waals surface area contributed by atoms with Crippen LogP contribution in [0, 0.1) is 5.82 Å². The number of anilines is 1. The fraction of sp³-hybridized carbons (Fsp3) is 0.167. The number of urea groups is 1. The molecule has 2 heterocycles. The Kier molecular flexibility index (Phi) is 5.01. The van der Waals surface area contributed by atoms with Gasteiger partial charge in [-0.2, -0.15) is 0 Å². The summed E-state index contributed by atoms with van der Waals surface area (Å²) in [5, 5.41) is 5.42. The highest BCUT2D eigenvalue weighted by Crippen LogP contribution is 2.41. The summed E-state index contributed by atoms with van der Waals surface area (Å²) in [7, 11) is 0. The van der Waals surface area contributed by atoms with E-state index in [1.54, 1.807) is 6.07 Å². The van der Waals surface area contributed by atoms with E-state index in [9.17, 15) is 18.8 Å². The van der Waals surface area contributed by atoms with Gasteiger partial charge in [0.25, 0.3) is 5.91 Å². The minimum absolute atomic E-state index is 0.260. The lowest BCUT2D eigenvalue weighted by molar-refractivity contribution is -0.134. The van der Waals surface area contributed by atoms with E-state index in [1.165, 1.54) is 36.5 Å². The molecule has 1 aliphatic carbocycles. The number of pyridine rings is 1. The first-order chi connectivity index (χ1) is 15.9. The monoisotopic (exact) mass is 446 g/mol. The van der Waals surface area contributed by atoms with Crippen LogP contribution in [0.1, 0.15) is 17.5 Å². The van der Waals surface area contributed by atoms with E-state index in [1.807, 2.05) is 24.3 Å². The molecule has 1 fully saturated rings. The van der Waals surface area contributed by atoms with Crippen LogP contribution in [0.2, 0.25) is 0 Å². The highest BCUT2D eigenvalue weighted by Gasteiger charge is 2.55. The van der Waals surface area contributed by atoms with Crippen molar-refractivity contribution < 1.29 is 23.5 Å². The van der Waals surface area contributed by atoms with Crippen LogP contribution in [-0.4, -0.2) is 34.3 Å². The number of hydrogen-bond acceptors (Lipinski definition) is 5. The molecule has 9 heteroatoms. The van der Waals surface area contributed by atoms with Gasteiger partial charge < -0.3 is 15.4 Å². The normalized spacial score (nSPS) is 18.9. The molecule has 166 valence electrons. The number of rotatable bonds is 5. The first-order valence-electron chi connectivity index (χ1n) is 10.4. The minimum Gasteiger partial charge on any atom is -0.439 e. The number of hydrogen-bond donors (Lipinski definition) is 2. The second-order valence-electron chi connectivity index (χ2n) is 7.87. The summed E-state index contributed by atoms with van der Waals surface area (Å²) in [5.74, 6) is -0.650. The Morgan fingerprint density at radius 3 is 2.67 bits per heavy atom. The second-order valence-corrected chi connectivity index (χ2v) is 7.87. The molecule has 1 saturated heterocycles. The van der Waals surface area contributed by atoms with Crippen molar-refractivity contribution in [1.29, 1.82) is 0 Å². The van der Waals surface area contributed by atoms with E-state index in [0.717, 1.165) is 16.0 Å². The molecule has 3 aromatic rings. The van der Waals surface area contributed by atoms with Crippen LogP contribution in [0.25, 0.3) is 0 Å². The average Bonchev–Trinajstić information content (AvgIpc) is 3.30. The molecular formula is C24H19FN4O4. The van der Waals surface area contributed by atoms with Gasteiger partial charge in [0.15, 0.2) is 0 Å². The van der Waals surface area contributed by atoms with Crippen molar-refractivity contribution in [3.8, 4) is 11.6 Å². The van der Waals surface area contributed by atoms with Gasteiger partial charge >= 0.3 is 6.03 Å². The Labute approximate surface area is 188 Å². The number of nitrogens with zero attached hydrogens (tertiary/aromatic N) is 2. The molecule has 2 N–H and O–H groups in total. The first-order valence-corrected chi connectivity index (χ1v) is 10.4. The first kappa shape index (κ1) is 20.6. The molecule has 1 atom stereocenters. The van der Waals surface area contributed by atoms with Gasteiger partial charge in [0, 0.05) is 6.07 Å². The van der Waals surface area contributed by atoms with Crippen molar-refractivity contribution >= 4 is 23.5 Å². The second kappa shape index (κ2) is 8.01. The predicted octanol–water partition coefficient (Wildman–Crippen LogP) is 3.35. The molecule has 1 aliphatic heterocycles. The highest BCUT2D eigenvalue weighted by molar-refractivity contribution is 6.10. The lowest BCUT2D eigenvalue weighted by Gasteiger charge is -2.22. The zero-order valence-electron chi connectivity index (χ0n) is 17.4. The molecular weight excluding hydrogens is 427 g/mol. The number of benzene rings is 2. The number of halogens is 1. The molecule has 1 unspecified atom stereocenters. The summed E-state index contributed by atoms with van der Waals surface area (Å²) in [6, 6.07) is 15.5. The number of ether oxygens (including phenoxy) is 1. The minimum atomic E-state index is -1.10. The molecule has 2 aliphatic rings. The standard InChI is InChI=1S/C24H19FN4O4/c25-16-5-8-18(9-6-16)33-21-10-7-17(13-26-21)27-20(30)14-29-22(31)24(28-23(29)32)12-11-15-3-1-2-4-19(15)24/h1-10,13H,11-12,14H2,(H,27,30)(H,28,32). The Balaban J connectivity index is 1.23. The van der Waals surface area contributed by atoms with Crippen molar-refractivity contribution in [1.82, 2.24) is 15.2 Å². The topological polar surface area (TPSA) is 101 Å². The molecule has 5 rings (SSSR count). The lowest BCUT2D eigenvalue weighted by Crippen LogP contribution is -2.43. The van der Waals surface area contributed by atoms with Gasteiger partial charge in [0.1, 0.15) is 23.7 Å². The summed E-state index contributed by atoms with van der Waals surface area (Å²) < 4.78 is 18.5. The van der Waals surface area contributed by atoms with E-state index in [0.29, 0.717) is 24.3 Å². The van der Waals surface area contributed by atoms with E-state index in [4.69, 9.17) is 4.74 Å². The van der Waals surface area contributed by atoms with Crippen molar-refractivity contribution in [3.05, 3.63) is 83.8 Å². The third-order valence-corrected chi connectivity index (χ3v) is 5.78. The van der Waals surface area contributed by atoms with Crippen molar-refractivity contribution in [2.24, 2.45) is 0 Å². The molecule has 2 aromatic carbocycles. The summed E-state index contributed by atoms with van der Waals surface area (Å²) in [6.45, 7) is -0.414. The van der Waals surface area contributed by atoms with Crippen molar-refractivity contribution in [2.75, 3.05) is 11.9 Å². The van der Waals surface area contributed by atoms with Gasteiger partial charge in [0.05, 0.1) is 11.9 Å². The smallest absolute Gasteiger partial charge is 0.325 e. The third-order valence-electron chi connectivity index (χ3n) is 5.78. The number of carbonyl (C=O) groups is 3. The van der Waals surface area contributed by atoms with Gasteiger partial charge in [-0.15, -0.1) is 0 Å². The lowest BCUT2D eigenvalue weighted by atomic mass is 9.92. The molecule has 1 aromatic heterocycles. The Morgan fingerprint density at radius 1 is 1.12 bits per heavy atom. The average molecular weight is 446 g/mol. The number of nitrogens with one attached hydrogen (secondary N) is 2. The van der Waals surface area contributed by atoms with E-state index >= 15 is 0 Å².